The van der Waals surface area contributed by atoms with Gasteiger partial charge in [-0.3, -0.25) is 9.36 Å². The maximum Gasteiger partial charge on any atom is 0.253 e. The molecule has 3 aromatic rings. The molecule has 0 radical (unpaired) electrons. The predicted octanol–water partition coefficient (Wildman–Crippen LogP) is 2.90. The number of hydrogen-bond acceptors (Lipinski definition) is 3. The highest BCUT2D eigenvalue weighted by Crippen LogP contribution is 2.14. The summed E-state index contributed by atoms with van der Waals surface area (Å²) >= 11 is 0. The molecule has 5 nitrogen and oxygen atoms in total. The van der Waals surface area contributed by atoms with Gasteiger partial charge in [0.2, 0.25) is 0 Å². The van der Waals surface area contributed by atoms with E-state index in [1.165, 1.54) is 18.3 Å². The van der Waals surface area contributed by atoms with Crippen LogP contribution in [0.2, 0.25) is 0 Å². The smallest absolute Gasteiger partial charge is 0.253 e. The molecule has 0 saturated carbocycles. The number of carbonyl (C=O) groups is 1. The number of hydrogen-bond donors (Lipinski definition) is 1. The molecule has 1 amide bonds. The zero-order chi connectivity index (χ0) is 16.2. The molecule has 0 fully saturated rings. The Morgan fingerprint density at radius 3 is 2.61 bits per heavy atom. The third kappa shape index (κ3) is 3.42. The van der Waals surface area contributed by atoms with E-state index in [4.69, 9.17) is 0 Å². The van der Waals surface area contributed by atoms with Crippen molar-refractivity contribution in [1.29, 1.82) is 0 Å². The minimum absolute atomic E-state index is 0.226. The van der Waals surface area contributed by atoms with E-state index >= 15 is 0 Å². The summed E-state index contributed by atoms with van der Waals surface area (Å²) < 4.78 is 14.7. The normalized spacial score (nSPS) is 11.9. The van der Waals surface area contributed by atoms with Crippen LogP contribution in [-0.2, 0) is 0 Å². The highest BCUT2D eigenvalue weighted by Gasteiger charge is 2.12. The van der Waals surface area contributed by atoms with E-state index in [-0.39, 0.29) is 17.8 Å². The van der Waals surface area contributed by atoms with Gasteiger partial charge in [0.1, 0.15) is 18.0 Å². The molecule has 2 aromatic heterocycles. The number of nitrogens with one attached hydrogen (secondary N) is 1. The molecule has 1 N–H and O–H groups in total. The van der Waals surface area contributed by atoms with E-state index in [0.29, 0.717) is 11.4 Å². The Hall–Kier alpha value is -3.02. The van der Waals surface area contributed by atoms with E-state index in [9.17, 15) is 9.18 Å². The first-order valence-corrected chi connectivity index (χ1v) is 7.14. The number of imidazole rings is 1. The van der Waals surface area contributed by atoms with Crippen LogP contribution in [0.15, 0.2) is 61.3 Å². The summed E-state index contributed by atoms with van der Waals surface area (Å²) in [6, 6.07) is 9.28. The lowest BCUT2D eigenvalue weighted by molar-refractivity contribution is 0.0939. The van der Waals surface area contributed by atoms with Gasteiger partial charge >= 0.3 is 0 Å². The highest BCUT2D eigenvalue weighted by molar-refractivity contribution is 5.94. The first kappa shape index (κ1) is 14.9. The monoisotopic (exact) mass is 310 g/mol. The number of rotatable bonds is 4. The second kappa shape index (κ2) is 6.39. The van der Waals surface area contributed by atoms with Crippen molar-refractivity contribution in [3.8, 4) is 5.82 Å². The minimum atomic E-state index is -0.299. The van der Waals surface area contributed by atoms with Crippen LogP contribution in [-0.4, -0.2) is 20.4 Å². The van der Waals surface area contributed by atoms with Crippen molar-refractivity contribution >= 4 is 5.91 Å². The third-order valence-electron chi connectivity index (χ3n) is 3.50. The summed E-state index contributed by atoms with van der Waals surface area (Å²) in [4.78, 5) is 20.4. The Morgan fingerprint density at radius 1 is 1.22 bits per heavy atom. The summed E-state index contributed by atoms with van der Waals surface area (Å²) in [5, 5.41) is 2.87. The van der Waals surface area contributed by atoms with Gasteiger partial charge in [-0.25, -0.2) is 14.4 Å². The molecule has 0 aliphatic carbocycles. The van der Waals surface area contributed by atoms with Crippen LogP contribution < -0.4 is 5.32 Å². The molecule has 2 heterocycles. The number of halogens is 1. The fourth-order valence-corrected chi connectivity index (χ4v) is 2.18. The van der Waals surface area contributed by atoms with Crippen molar-refractivity contribution in [2.24, 2.45) is 0 Å². The number of carbonyl (C=O) groups excluding carboxylic acids is 1. The summed E-state index contributed by atoms with van der Waals surface area (Å²) in [5.41, 5.74) is 1.30. The molecule has 23 heavy (non-hydrogen) atoms. The molecule has 0 spiro atoms. The zero-order valence-electron chi connectivity index (χ0n) is 12.5. The Balaban J connectivity index is 1.69. The van der Waals surface area contributed by atoms with E-state index in [1.807, 2.05) is 6.92 Å². The van der Waals surface area contributed by atoms with Gasteiger partial charge in [0.05, 0.1) is 11.6 Å². The molecule has 0 saturated heterocycles. The lowest BCUT2D eigenvalue weighted by Gasteiger charge is -2.14. The SMILES string of the molecule is C[C@@H](NC(=O)c1ccc(-n2ccnc2)nc1)c1ccc(F)cc1. The minimum Gasteiger partial charge on any atom is -0.345 e. The lowest BCUT2D eigenvalue weighted by Crippen LogP contribution is -2.26. The maximum absolute atomic E-state index is 12.9. The third-order valence-corrected chi connectivity index (χ3v) is 3.50. The van der Waals surface area contributed by atoms with Crippen LogP contribution >= 0.6 is 0 Å². The van der Waals surface area contributed by atoms with Crippen LogP contribution in [0.25, 0.3) is 5.82 Å². The molecule has 6 heteroatoms. The van der Waals surface area contributed by atoms with Crippen LogP contribution in [0.3, 0.4) is 0 Å². The Kier molecular flexibility index (Phi) is 4.14. The standard InChI is InChI=1S/C17H15FN4O/c1-12(13-2-5-15(18)6-3-13)21-17(23)14-4-7-16(20-10-14)22-9-8-19-11-22/h2-12H,1H3,(H,21,23)/t12-/m1/s1. The summed E-state index contributed by atoms with van der Waals surface area (Å²) in [5.74, 6) is 0.156. The molecular weight excluding hydrogens is 295 g/mol. The second-order valence-corrected chi connectivity index (χ2v) is 5.12. The average molecular weight is 310 g/mol. The van der Waals surface area contributed by atoms with Crippen molar-refractivity contribution in [3.05, 3.63) is 78.3 Å². The van der Waals surface area contributed by atoms with Gasteiger partial charge < -0.3 is 5.32 Å². The molecule has 1 atom stereocenters. The average Bonchev–Trinajstić information content (AvgIpc) is 3.10. The molecule has 1 aromatic carbocycles. The fourth-order valence-electron chi connectivity index (χ4n) is 2.18. The van der Waals surface area contributed by atoms with Crippen molar-refractivity contribution < 1.29 is 9.18 Å². The Bertz CT molecular complexity index is 782. The topological polar surface area (TPSA) is 59.8 Å². The highest BCUT2D eigenvalue weighted by atomic mass is 19.1. The number of pyridine rings is 1. The molecule has 0 aliphatic rings. The zero-order valence-corrected chi connectivity index (χ0v) is 12.5. The number of benzene rings is 1. The van der Waals surface area contributed by atoms with Gasteiger partial charge in [0.25, 0.3) is 5.91 Å². The molecule has 116 valence electrons. The molecule has 3 rings (SSSR count). The Labute approximate surface area is 132 Å². The van der Waals surface area contributed by atoms with Gasteiger partial charge in [0, 0.05) is 18.6 Å². The number of amides is 1. The lowest BCUT2D eigenvalue weighted by atomic mass is 10.1. The molecular formula is C17H15FN4O. The quantitative estimate of drug-likeness (QED) is 0.806. The van der Waals surface area contributed by atoms with Gasteiger partial charge in [0.15, 0.2) is 0 Å². The largest absolute Gasteiger partial charge is 0.345 e. The first-order valence-electron chi connectivity index (χ1n) is 7.14. The summed E-state index contributed by atoms with van der Waals surface area (Å²) in [7, 11) is 0. The van der Waals surface area contributed by atoms with Gasteiger partial charge in [-0.1, -0.05) is 12.1 Å². The van der Waals surface area contributed by atoms with E-state index in [1.54, 1.807) is 47.6 Å². The van der Waals surface area contributed by atoms with Gasteiger partial charge in [-0.05, 0) is 36.8 Å². The first-order chi connectivity index (χ1) is 11.1. The van der Waals surface area contributed by atoms with Crippen LogP contribution in [0.1, 0.15) is 28.9 Å². The molecule has 0 unspecified atom stereocenters. The van der Waals surface area contributed by atoms with Crippen molar-refractivity contribution in [3.63, 3.8) is 0 Å². The maximum atomic E-state index is 12.9. The summed E-state index contributed by atoms with van der Waals surface area (Å²) in [6.07, 6.45) is 6.59. The van der Waals surface area contributed by atoms with E-state index in [2.05, 4.69) is 15.3 Å². The van der Waals surface area contributed by atoms with Crippen LogP contribution in [0.5, 0.6) is 0 Å². The predicted molar refractivity (Wildman–Crippen MR) is 83.6 cm³/mol. The van der Waals surface area contributed by atoms with E-state index < -0.39 is 0 Å². The van der Waals surface area contributed by atoms with Gasteiger partial charge in [-0.2, -0.15) is 0 Å². The van der Waals surface area contributed by atoms with Crippen LogP contribution in [0.4, 0.5) is 4.39 Å². The molecule has 0 aliphatic heterocycles. The Morgan fingerprint density at radius 2 is 2.00 bits per heavy atom. The number of nitrogens with zero attached hydrogens (tertiary/aromatic N) is 3. The van der Waals surface area contributed by atoms with Crippen molar-refractivity contribution in [2.45, 2.75) is 13.0 Å². The van der Waals surface area contributed by atoms with Crippen LogP contribution in [0, 0.1) is 5.82 Å². The van der Waals surface area contributed by atoms with Gasteiger partial charge in [-0.15, -0.1) is 0 Å². The fraction of sp³-hybridized carbons (Fsp3) is 0.118. The second-order valence-electron chi connectivity index (χ2n) is 5.12. The van der Waals surface area contributed by atoms with Crippen molar-refractivity contribution in [2.75, 3.05) is 0 Å². The number of aromatic nitrogens is 3. The summed E-state index contributed by atoms with van der Waals surface area (Å²) in [6.45, 7) is 1.85. The van der Waals surface area contributed by atoms with E-state index in [0.717, 1.165) is 5.56 Å². The molecule has 0 bridgehead atoms. The van der Waals surface area contributed by atoms with Crippen molar-refractivity contribution in [1.82, 2.24) is 19.9 Å².